The number of amides is 1. The van der Waals surface area contributed by atoms with E-state index in [0.717, 1.165) is 11.1 Å². The van der Waals surface area contributed by atoms with Crippen LogP contribution in [0.15, 0.2) is 82.8 Å². The highest BCUT2D eigenvalue weighted by molar-refractivity contribution is 6.01. The first-order valence-electron chi connectivity index (χ1n) is 10.3. The second-order valence-corrected chi connectivity index (χ2v) is 7.47. The van der Waals surface area contributed by atoms with E-state index in [4.69, 9.17) is 4.42 Å². The number of aromatic hydroxyl groups is 1. The number of carbonyl (C=O) groups is 1. The molecule has 1 heterocycles. The van der Waals surface area contributed by atoms with Crippen molar-refractivity contribution in [2.24, 2.45) is 5.10 Å². The summed E-state index contributed by atoms with van der Waals surface area (Å²) in [4.78, 5) is 12.6. The van der Waals surface area contributed by atoms with Crippen LogP contribution in [0.2, 0.25) is 0 Å². The molecule has 4 rings (SSSR count). The number of phenolic OH excluding ortho intramolecular Hbond substituents is 1. The predicted octanol–water partition coefficient (Wildman–Crippen LogP) is 5.21. The quantitative estimate of drug-likeness (QED) is 0.318. The maximum Gasteiger partial charge on any atom is 0.271 e. The lowest BCUT2D eigenvalue weighted by atomic mass is 10.0. The molecule has 0 aliphatic rings. The van der Waals surface area contributed by atoms with Crippen molar-refractivity contribution < 1.29 is 14.3 Å². The Hall–Kier alpha value is -4.52. The molecule has 0 aliphatic carbocycles. The molecule has 2 N–H and O–H groups in total. The summed E-state index contributed by atoms with van der Waals surface area (Å²) in [5.74, 6) is 0.432. The average molecular weight is 438 g/mol. The van der Waals surface area contributed by atoms with E-state index < -0.39 is 0 Å². The van der Waals surface area contributed by atoms with Crippen LogP contribution in [-0.2, 0) is 0 Å². The molecule has 0 radical (unpaired) electrons. The molecule has 0 bridgehead atoms. The zero-order valence-electron chi connectivity index (χ0n) is 18.2. The summed E-state index contributed by atoms with van der Waals surface area (Å²) in [6.45, 7) is 7.69. The molecule has 0 saturated heterocycles. The number of hydrazone groups is 1. The molecule has 3 aromatic carbocycles. The van der Waals surface area contributed by atoms with Crippen LogP contribution in [0.1, 0.15) is 34.0 Å². The highest BCUT2D eigenvalue weighted by atomic mass is 16.4. The average Bonchev–Trinajstić information content (AvgIpc) is 3.33. The van der Waals surface area contributed by atoms with Crippen molar-refractivity contribution >= 4 is 17.7 Å². The number of phenols is 1. The van der Waals surface area contributed by atoms with Gasteiger partial charge in [-0.25, -0.2) is 5.43 Å². The number of hydrogen-bond donors (Lipinski definition) is 2. The molecule has 1 aromatic heterocycles. The smallest absolute Gasteiger partial charge is 0.271 e. The summed E-state index contributed by atoms with van der Waals surface area (Å²) < 4.78 is 5.80. The van der Waals surface area contributed by atoms with E-state index in [2.05, 4.69) is 27.3 Å². The van der Waals surface area contributed by atoms with Gasteiger partial charge in [0.15, 0.2) is 0 Å². The maximum absolute atomic E-state index is 12.6. The molecule has 33 heavy (non-hydrogen) atoms. The van der Waals surface area contributed by atoms with Gasteiger partial charge in [-0.2, -0.15) is 5.10 Å². The third kappa shape index (κ3) is 4.88. The minimum absolute atomic E-state index is 0.152. The minimum atomic E-state index is -0.341. The van der Waals surface area contributed by atoms with Crippen LogP contribution in [-0.4, -0.2) is 26.9 Å². The minimum Gasteiger partial charge on any atom is -0.508 e. The fraction of sp³-hybridized carbons (Fsp3) is 0.0769. The molecule has 0 atom stereocenters. The van der Waals surface area contributed by atoms with Gasteiger partial charge in [0.25, 0.3) is 5.91 Å². The van der Waals surface area contributed by atoms with Crippen LogP contribution in [0.3, 0.4) is 0 Å². The Labute approximate surface area is 191 Å². The molecule has 4 aromatic rings. The van der Waals surface area contributed by atoms with Gasteiger partial charge in [-0.15, -0.1) is 10.2 Å². The lowest BCUT2D eigenvalue weighted by Gasteiger charge is -2.07. The first-order chi connectivity index (χ1) is 15.9. The van der Waals surface area contributed by atoms with Gasteiger partial charge in [0, 0.05) is 16.7 Å². The molecule has 0 saturated carbocycles. The van der Waals surface area contributed by atoms with Crippen LogP contribution in [0.4, 0.5) is 0 Å². The molecule has 0 unspecified atom stereocenters. The van der Waals surface area contributed by atoms with Gasteiger partial charge in [-0.3, -0.25) is 4.79 Å². The van der Waals surface area contributed by atoms with Crippen molar-refractivity contribution in [3.8, 4) is 28.7 Å². The van der Waals surface area contributed by atoms with Gasteiger partial charge >= 0.3 is 0 Å². The Bertz CT molecular complexity index is 1340. The summed E-state index contributed by atoms with van der Waals surface area (Å²) in [5.41, 5.74) is 7.82. The van der Waals surface area contributed by atoms with Crippen molar-refractivity contribution in [3.05, 3.63) is 95.6 Å². The Morgan fingerprint density at radius 2 is 1.67 bits per heavy atom. The van der Waals surface area contributed by atoms with Gasteiger partial charge in [-0.05, 0) is 67.4 Å². The van der Waals surface area contributed by atoms with Crippen molar-refractivity contribution in [3.63, 3.8) is 0 Å². The fourth-order valence-electron chi connectivity index (χ4n) is 3.18. The van der Waals surface area contributed by atoms with Crippen molar-refractivity contribution in [1.29, 1.82) is 0 Å². The van der Waals surface area contributed by atoms with Crippen LogP contribution in [0, 0.1) is 6.92 Å². The van der Waals surface area contributed by atoms with E-state index in [-0.39, 0.29) is 11.7 Å². The zero-order valence-corrected chi connectivity index (χ0v) is 18.2. The van der Waals surface area contributed by atoms with Crippen molar-refractivity contribution in [1.82, 2.24) is 15.6 Å². The number of carbonyl (C=O) groups excluding carboxylic acids is 1. The molecule has 0 aliphatic heterocycles. The second-order valence-electron chi connectivity index (χ2n) is 7.47. The molecule has 0 fully saturated rings. The van der Waals surface area contributed by atoms with Crippen molar-refractivity contribution in [2.75, 3.05) is 0 Å². The third-order valence-corrected chi connectivity index (χ3v) is 5.10. The zero-order chi connectivity index (χ0) is 23.4. The monoisotopic (exact) mass is 438 g/mol. The van der Waals surface area contributed by atoms with E-state index in [1.807, 2.05) is 38.1 Å². The van der Waals surface area contributed by atoms with Crippen molar-refractivity contribution in [2.45, 2.75) is 13.8 Å². The number of rotatable bonds is 6. The Balaban J connectivity index is 1.54. The summed E-state index contributed by atoms with van der Waals surface area (Å²) in [7, 11) is 0. The Kier molecular flexibility index (Phi) is 6.13. The van der Waals surface area contributed by atoms with Gasteiger partial charge < -0.3 is 9.52 Å². The van der Waals surface area contributed by atoms with Gasteiger partial charge in [0.1, 0.15) is 5.75 Å². The maximum atomic E-state index is 12.6. The Morgan fingerprint density at radius 3 is 2.36 bits per heavy atom. The largest absolute Gasteiger partial charge is 0.508 e. The molecule has 1 amide bonds. The summed E-state index contributed by atoms with van der Waals surface area (Å²) >= 11 is 0. The van der Waals surface area contributed by atoms with E-state index >= 15 is 0 Å². The molecule has 7 nitrogen and oxygen atoms in total. The first-order valence-corrected chi connectivity index (χ1v) is 10.3. The number of nitrogens with one attached hydrogen (secondary N) is 1. The molecule has 164 valence electrons. The molecular formula is C26H22N4O3. The van der Waals surface area contributed by atoms with Gasteiger partial charge in [-0.1, -0.05) is 42.5 Å². The predicted molar refractivity (Wildman–Crippen MR) is 128 cm³/mol. The molecule has 7 heteroatoms. The van der Waals surface area contributed by atoms with Gasteiger partial charge in [0.05, 0.1) is 5.71 Å². The first kappa shape index (κ1) is 21.7. The van der Waals surface area contributed by atoms with Crippen LogP contribution in [0.5, 0.6) is 5.75 Å². The van der Waals surface area contributed by atoms with Gasteiger partial charge in [0.2, 0.25) is 11.8 Å². The summed E-state index contributed by atoms with van der Waals surface area (Å²) in [6, 6.07) is 19.5. The lowest BCUT2D eigenvalue weighted by molar-refractivity contribution is 0.0955. The standard InChI is InChI=1S/C26H22N4O3/c1-4-18-15-21(24(32)28-27-17(3)19-7-5-16(2)6-8-19)11-14-23(18)26-30-29-25(33-26)20-9-12-22(31)13-10-20/h4-15,31H,1H2,2-3H3,(H,28,32)/b27-17-. The topological polar surface area (TPSA) is 101 Å². The van der Waals surface area contributed by atoms with E-state index in [9.17, 15) is 9.90 Å². The number of nitrogens with zero attached hydrogens (tertiary/aromatic N) is 3. The van der Waals surface area contributed by atoms with E-state index in [1.165, 1.54) is 0 Å². The normalized spacial score (nSPS) is 11.3. The third-order valence-electron chi connectivity index (χ3n) is 5.10. The Morgan fingerprint density at radius 1 is 1.00 bits per heavy atom. The van der Waals surface area contributed by atoms with Crippen LogP contribution in [0.25, 0.3) is 29.0 Å². The van der Waals surface area contributed by atoms with E-state index in [0.29, 0.717) is 39.7 Å². The highest BCUT2D eigenvalue weighted by Crippen LogP contribution is 2.28. The summed E-state index contributed by atoms with van der Waals surface area (Å²) in [5, 5.41) is 21.9. The molecule has 0 spiro atoms. The van der Waals surface area contributed by atoms with Crippen LogP contribution < -0.4 is 5.43 Å². The number of aryl methyl sites for hydroxylation is 1. The molecular weight excluding hydrogens is 416 g/mol. The number of hydrogen-bond acceptors (Lipinski definition) is 6. The number of benzene rings is 3. The van der Waals surface area contributed by atoms with E-state index in [1.54, 1.807) is 48.5 Å². The highest BCUT2D eigenvalue weighted by Gasteiger charge is 2.15. The SMILES string of the molecule is C=Cc1cc(C(=O)N/N=C(/C)c2ccc(C)cc2)ccc1-c1nnc(-c2ccc(O)cc2)o1. The number of aromatic nitrogens is 2. The van der Waals surface area contributed by atoms with Crippen LogP contribution >= 0.6 is 0 Å². The fourth-order valence-corrected chi connectivity index (χ4v) is 3.18. The summed E-state index contributed by atoms with van der Waals surface area (Å²) in [6.07, 6.45) is 1.62. The lowest BCUT2D eigenvalue weighted by Crippen LogP contribution is -2.19. The second kappa shape index (κ2) is 9.32.